The number of carbonyl (C=O) groups excluding carboxylic acids is 1. The summed E-state index contributed by atoms with van der Waals surface area (Å²) in [5, 5.41) is 0.969. The fraction of sp³-hybridized carbons (Fsp3) is 0.148. The Bertz CT molecular complexity index is 1480. The van der Waals surface area contributed by atoms with Gasteiger partial charge in [-0.1, -0.05) is 47.5 Å². The zero-order chi connectivity index (χ0) is 24.7. The quantitative estimate of drug-likeness (QED) is 0.302. The monoisotopic (exact) mass is 507 g/mol. The molecular formula is C27H20Cl2FN3O2. The van der Waals surface area contributed by atoms with Gasteiger partial charge < -0.3 is 9.32 Å². The average Bonchev–Trinajstić information content (AvgIpc) is 3.17. The van der Waals surface area contributed by atoms with Crippen LogP contribution in [0.3, 0.4) is 0 Å². The van der Waals surface area contributed by atoms with Crippen molar-refractivity contribution >= 4 is 40.5 Å². The molecule has 0 unspecified atom stereocenters. The number of aliphatic imine (C=N–C) groups is 1. The second kappa shape index (κ2) is 9.29. The molecule has 1 atom stereocenters. The Labute approximate surface area is 211 Å². The predicted octanol–water partition coefficient (Wildman–Crippen LogP) is 6.87. The lowest BCUT2D eigenvalue weighted by atomic mass is 9.99. The third kappa shape index (κ3) is 4.35. The number of carbonyl (C=O) groups is 1. The van der Waals surface area contributed by atoms with E-state index < -0.39 is 11.9 Å². The number of nitrogens with zero attached hydrogens (tertiary/aromatic N) is 3. The zero-order valence-corrected chi connectivity index (χ0v) is 20.4. The van der Waals surface area contributed by atoms with Crippen molar-refractivity contribution in [2.75, 3.05) is 4.90 Å². The Morgan fingerprint density at radius 2 is 1.71 bits per heavy atom. The summed E-state index contributed by atoms with van der Waals surface area (Å²) in [5.74, 6) is 0.261. The SMILES string of the molecule is Cc1oc(-c2ccccc2Cl)nc1CN1C(=O)[C@H](C)N=C(c2ccccc2F)c2cc(Cl)ccc21. The first kappa shape index (κ1) is 23.3. The molecule has 4 aromatic rings. The fourth-order valence-electron chi connectivity index (χ4n) is 4.10. The van der Waals surface area contributed by atoms with Crippen LogP contribution in [0.25, 0.3) is 11.5 Å². The van der Waals surface area contributed by atoms with Crippen molar-refractivity contribution in [3.05, 3.63) is 105 Å². The zero-order valence-electron chi connectivity index (χ0n) is 18.9. The van der Waals surface area contributed by atoms with E-state index in [2.05, 4.69) is 9.98 Å². The third-order valence-electron chi connectivity index (χ3n) is 5.88. The second-order valence-corrected chi connectivity index (χ2v) is 9.06. The van der Waals surface area contributed by atoms with Gasteiger partial charge in [0.25, 0.3) is 5.91 Å². The van der Waals surface area contributed by atoms with E-state index in [4.69, 9.17) is 27.6 Å². The molecule has 1 aliphatic rings. The highest BCUT2D eigenvalue weighted by atomic mass is 35.5. The lowest BCUT2D eigenvalue weighted by Crippen LogP contribution is -2.36. The number of hydrogen-bond donors (Lipinski definition) is 0. The van der Waals surface area contributed by atoms with E-state index in [9.17, 15) is 9.18 Å². The molecule has 0 spiro atoms. The number of fused-ring (bicyclic) bond motifs is 1. The number of oxazole rings is 1. The molecule has 0 saturated carbocycles. The van der Waals surface area contributed by atoms with Crippen LogP contribution in [0, 0.1) is 12.7 Å². The molecule has 35 heavy (non-hydrogen) atoms. The van der Waals surface area contributed by atoms with Crippen LogP contribution >= 0.6 is 23.2 Å². The Morgan fingerprint density at radius 1 is 1.00 bits per heavy atom. The van der Waals surface area contributed by atoms with E-state index in [0.29, 0.717) is 55.5 Å². The Hall–Kier alpha value is -3.48. The van der Waals surface area contributed by atoms with Gasteiger partial charge in [-0.3, -0.25) is 9.79 Å². The van der Waals surface area contributed by atoms with Crippen LogP contribution in [-0.4, -0.2) is 22.6 Å². The van der Waals surface area contributed by atoms with Gasteiger partial charge in [-0.05, 0) is 56.3 Å². The maximum Gasteiger partial charge on any atom is 0.251 e. The Balaban J connectivity index is 1.60. The fourth-order valence-corrected chi connectivity index (χ4v) is 4.49. The number of aromatic nitrogens is 1. The molecule has 176 valence electrons. The maximum atomic E-state index is 14.8. The average molecular weight is 508 g/mol. The van der Waals surface area contributed by atoms with E-state index in [-0.39, 0.29) is 12.5 Å². The van der Waals surface area contributed by atoms with Crippen LogP contribution in [0.15, 0.2) is 76.1 Å². The lowest BCUT2D eigenvalue weighted by molar-refractivity contribution is -0.119. The van der Waals surface area contributed by atoms with Crippen LogP contribution in [0.2, 0.25) is 10.0 Å². The third-order valence-corrected chi connectivity index (χ3v) is 6.45. The van der Waals surface area contributed by atoms with Crippen LogP contribution in [0.5, 0.6) is 0 Å². The molecule has 3 aromatic carbocycles. The minimum atomic E-state index is -0.758. The van der Waals surface area contributed by atoms with Gasteiger partial charge >= 0.3 is 0 Å². The van der Waals surface area contributed by atoms with Gasteiger partial charge in [0.15, 0.2) is 0 Å². The van der Waals surface area contributed by atoms with E-state index in [1.165, 1.54) is 6.07 Å². The molecule has 0 radical (unpaired) electrons. The maximum absolute atomic E-state index is 14.8. The largest absolute Gasteiger partial charge is 0.441 e. The molecule has 8 heteroatoms. The number of anilines is 1. The Kier molecular flexibility index (Phi) is 6.17. The van der Waals surface area contributed by atoms with Gasteiger partial charge in [-0.15, -0.1) is 0 Å². The van der Waals surface area contributed by atoms with Crippen LogP contribution in [-0.2, 0) is 11.3 Å². The molecule has 5 nitrogen and oxygen atoms in total. The molecule has 0 saturated heterocycles. The van der Waals surface area contributed by atoms with E-state index in [1.54, 1.807) is 61.2 Å². The normalized spacial score (nSPS) is 15.6. The minimum absolute atomic E-state index is 0.137. The summed E-state index contributed by atoms with van der Waals surface area (Å²) in [6.45, 7) is 3.62. The summed E-state index contributed by atoms with van der Waals surface area (Å²) in [6.07, 6.45) is 0. The topological polar surface area (TPSA) is 58.7 Å². The lowest BCUT2D eigenvalue weighted by Gasteiger charge is -2.24. The smallest absolute Gasteiger partial charge is 0.251 e. The first-order chi connectivity index (χ1) is 16.8. The van der Waals surface area contributed by atoms with Gasteiger partial charge in [0.05, 0.1) is 28.5 Å². The van der Waals surface area contributed by atoms with Crippen LogP contribution < -0.4 is 4.90 Å². The highest BCUT2D eigenvalue weighted by Crippen LogP contribution is 2.34. The van der Waals surface area contributed by atoms with Crippen molar-refractivity contribution in [1.82, 2.24) is 4.98 Å². The summed E-state index contributed by atoms with van der Waals surface area (Å²) < 4.78 is 20.7. The summed E-state index contributed by atoms with van der Waals surface area (Å²) in [6, 6.07) is 18.0. The molecule has 1 amide bonds. The minimum Gasteiger partial charge on any atom is -0.441 e. The van der Waals surface area contributed by atoms with Crippen molar-refractivity contribution in [3.63, 3.8) is 0 Å². The summed E-state index contributed by atoms with van der Waals surface area (Å²) in [4.78, 5) is 24.4. The van der Waals surface area contributed by atoms with Crippen molar-refractivity contribution in [1.29, 1.82) is 0 Å². The van der Waals surface area contributed by atoms with E-state index >= 15 is 0 Å². The van der Waals surface area contributed by atoms with Gasteiger partial charge in [-0.25, -0.2) is 9.37 Å². The van der Waals surface area contributed by atoms with Gasteiger partial charge in [0.2, 0.25) is 5.89 Å². The molecular weight excluding hydrogens is 488 g/mol. The van der Waals surface area contributed by atoms with Crippen LogP contribution in [0.4, 0.5) is 10.1 Å². The van der Waals surface area contributed by atoms with E-state index in [1.807, 2.05) is 18.2 Å². The number of rotatable bonds is 4. The summed E-state index contributed by atoms with van der Waals surface area (Å²) in [5.41, 5.74) is 3.04. The number of benzene rings is 3. The van der Waals surface area contributed by atoms with Crippen molar-refractivity contribution in [2.24, 2.45) is 4.99 Å². The van der Waals surface area contributed by atoms with E-state index in [0.717, 1.165) is 0 Å². The molecule has 1 aliphatic heterocycles. The second-order valence-electron chi connectivity index (χ2n) is 8.22. The van der Waals surface area contributed by atoms with Crippen molar-refractivity contribution in [3.8, 4) is 11.5 Å². The van der Waals surface area contributed by atoms with Gasteiger partial charge in [-0.2, -0.15) is 0 Å². The van der Waals surface area contributed by atoms with Crippen LogP contribution in [0.1, 0.15) is 29.5 Å². The van der Waals surface area contributed by atoms with Crippen molar-refractivity contribution < 1.29 is 13.6 Å². The predicted molar refractivity (Wildman–Crippen MR) is 136 cm³/mol. The first-order valence-corrected chi connectivity index (χ1v) is 11.7. The summed E-state index contributed by atoms with van der Waals surface area (Å²) >= 11 is 12.6. The van der Waals surface area contributed by atoms with Crippen molar-refractivity contribution in [2.45, 2.75) is 26.4 Å². The number of benzodiazepines with no additional fused rings is 1. The number of amides is 1. The molecule has 2 heterocycles. The highest BCUT2D eigenvalue weighted by Gasteiger charge is 2.32. The molecule has 0 N–H and O–H groups in total. The number of hydrogen-bond acceptors (Lipinski definition) is 4. The first-order valence-electron chi connectivity index (χ1n) is 11.0. The number of aryl methyl sites for hydroxylation is 1. The molecule has 0 bridgehead atoms. The molecule has 1 aromatic heterocycles. The highest BCUT2D eigenvalue weighted by molar-refractivity contribution is 6.33. The summed E-state index contributed by atoms with van der Waals surface area (Å²) in [7, 11) is 0. The van der Waals surface area contributed by atoms with Gasteiger partial charge in [0.1, 0.15) is 23.3 Å². The molecule has 0 fully saturated rings. The number of halogens is 3. The Morgan fingerprint density at radius 3 is 2.46 bits per heavy atom. The molecule has 0 aliphatic carbocycles. The molecule has 5 rings (SSSR count). The van der Waals surface area contributed by atoms with Gasteiger partial charge in [0, 0.05) is 16.1 Å². The standard InChI is InChI=1S/C27H20Cl2FN3O2/c1-15-27(34)33(14-23-16(2)35-26(32-23)18-7-3-5-9-21(18)29)24-12-11-17(28)13-20(24)25(31-15)19-8-4-6-10-22(19)30/h3-13,15H,14H2,1-2H3/t15-/m0/s1.